The van der Waals surface area contributed by atoms with Gasteiger partial charge in [-0.2, -0.15) is 9.50 Å². The highest BCUT2D eigenvalue weighted by atomic mass is 16.5. The van der Waals surface area contributed by atoms with E-state index in [0.717, 1.165) is 25.8 Å². The van der Waals surface area contributed by atoms with Crippen LogP contribution >= 0.6 is 0 Å². The maximum Gasteiger partial charge on any atom is 0.323 e. The van der Waals surface area contributed by atoms with Gasteiger partial charge in [-0.25, -0.2) is 4.98 Å². The van der Waals surface area contributed by atoms with Gasteiger partial charge in [-0.05, 0) is 19.4 Å². The number of nitrogen functional groups attached to an aromatic ring is 1. The molecule has 0 radical (unpaired) electrons. The molecule has 3 heterocycles. The van der Waals surface area contributed by atoms with E-state index < -0.39 is 0 Å². The summed E-state index contributed by atoms with van der Waals surface area (Å²) in [6.45, 7) is 1.17. The van der Waals surface area contributed by atoms with Gasteiger partial charge in [0.2, 0.25) is 5.95 Å². The molecule has 0 aromatic carbocycles. The van der Waals surface area contributed by atoms with Gasteiger partial charge in [0.25, 0.3) is 11.3 Å². The van der Waals surface area contributed by atoms with E-state index in [1.54, 1.807) is 0 Å². The number of ether oxygens (including phenoxy) is 1. The van der Waals surface area contributed by atoms with E-state index in [2.05, 4.69) is 15.1 Å². The van der Waals surface area contributed by atoms with Crippen molar-refractivity contribution in [2.24, 2.45) is 0 Å². The lowest BCUT2D eigenvalue weighted by atomic mass is 10.0. The summed E-state index contributed by atoms with van der Waals surface area (Å²) in [5, 5.41) is 2.61. The molecule has 2 aromatic rings. The van der Waals surface area contributed by atoms with Crippen molar-refractivity contribution < 1.29 is 9.53 Å². The van der Waals surface area contributed by atoms with Crippen LogP contribution in [0.25, 0.3) is 5.78 Å². The third kappa shape index (κ3) is 2.67. The Morgan fingerprint density at radius 2 is 2.32 bits per heavy atom. The van der Waals surface area contributed by atoms with E-state index in [1.807, 2.05) is 4.90 Å². The molecule has 0 spiro atoms. The van der Waals surface area contributed by atoms with Gasteiger partial charge in [0.1, 0.15) is 6.04 Å². The number of nitrogens with one attached hydrogen (secondary N) is 1. The summed E-state index contributed by atoms with van der Waals surface area (Å²) in [5.41, 5.74) is 5.82. The number of carbonyl (C=O) groups is 1. The molecule has 1 saturated heterocycles. The quantitative estimate of drug-likeness (QED) is 0.736. The molecule has 1 aliphatic heterocycles. The minimum atomic E-state index is -0.289. The number of nitrogens with zero attached hydrogens (tertiary/aromatic N) is 4. The lowest BCUT2D eigenvalue weighted by molar-refractivity contribution is -0.148. The van der Waals surface area contributed by atoms with Crippen LogP contribution in [0.3, 0.4) is 0 Å². The number of likely N-dealkylation sites (tertiary alicyclic amines) is 1. The van der Waals surface area contributed by atoms with E-state index in [0.29, 0.717) is 12.2 Å². The Balaban J connectivity index is 1.87. The molecular formula is C13H18N6O3. The number of nitrogens with two attached hydrogens (primary N) is 1. The second-order valence-electron chi connectivity index (χ2n) is 5.34. The predicted octanol–water partition coefficient (Wildman–Crippen LogP) is -0.473. The van der Waals surface area contributed by atoms with Crippen LogP contribution < -0.4 is 11.3 Å². The summed E-state index contributed by atoms with van der Waals surface area (Å²) >= 11 is 0. The molecule has 0 amide bonds. The number of H-pyrrole nitrogens is 1. The minimum absolute atomic E-state index is 0.132. The fourth-order valence-corrected chi connectivity index (χ4v) is 2.82. The van der Waals surface area contributed by atoms with Gasteiger partial charge < -0.3 is 10.5 Å². The normalized spacial score (nSPS) is 19.4. The molecule has 3 rings (SSSR count). The summed E-state index contributed by atoms with van der Waals surface area (Å²) in [4.78, 5) is 34.1. The predicted molar refractivity (Wildman–Crippen MR) is 78.1 cm³/mol. The van der Waals surface area contributed by atoms with Gasteiger partial charge in [0, 0.05) is 12.6 Å². The number of aromatic amines is 1. The van der Waals surface area contributed by atoms with Crippen molar-refractivity contribution in [2.45, 2.75) is 31.8 Å². The van der Waals surface area contributed by atoms with E-state index in [-0.39, 0.29) is 29.3 Å². The number of fused-ring (bicyclic) bond motifs is 1. The van der Waals surface area contributed by atoms with Crippen molar-refractivity contribution in [3.05, 3.63) is 22.1 Å². The number of aromatic nitrogens is 4. The molecule has 9 nitrogen and oxygen atoms in total. The zero-order valence-corrected chi connectivity index (χ0v) is 12.3. The van der Waals surface area contributed by atoms with E-state index >= 15 is 0 Å². The van der Waals surface area contributed by atoms with Crippen LogP contribution in [0, 0.1) is 0 Å². The minimum Gasteiger partial charge on any atom is -0.468 e. The van der Waals surface area contributed by atoms with E-state index in [1.165, 1.54) is 17.7 Å². The lowest BCUT2D eigenvalue weighted by Gasteiger charge is -2.33. The number of methoxy groups -OCH3 is 1. The maximum atomic E-state index is 12.0. The molecule has 118 valence electrons. The Morgan fingerprint density at radius 3 is 3.09 bits per heavy atom. The third-order valence-corrected chi connectivity index (χ3v) is 3.85. The summed E-state index contributed by atoms with van der Waals surface area (Å²) in [6, 6.07) is 1.14. The molecule has 0 saturated carbocycles. The van der Waals surface area contributed by atoms with E-state index in [9.17, 15) is 9.59 Å². The summed E-state index contributed by atoms with van der Waals surface area (Å²) in [7, 11) is 1.39. The van der Waals surface area contributed by atoms with Crippen LogP contribution in [0.15, 0.2) is 10.9 Å². The SMILES string of the molecule is COC(=O)C1CCCCN1Cc1cc(=O)n2[nH]c(N)nc2n1. The summed E-state index contributed by atoms with van der Waals surface area (Å²) in [6.07, 6.45) is 2.74. The molecule has 1 aliphatic rings. The molecule has 3 N–H and O–H groups in total. The highest BCUT2D eigenvalue weighted by molar-refractivity contribution is 5.75. The van der Waals surface area contributed by atoms with Gasteiger partial charge in [-0.3, -0.25) is 19.6 Å². The highest BCUT2D eigenvalue weighted by Crippen LogP contribution is 2.20. The molecule has 2 aromatic heterocycles. The fraction of sp³-hybridized carbons (Fsp3) is 0.538. The standard InChI is InChI=1S/C13H18N6O3/c1-22-11(21)9-4-2-3-5-18(9)7-8-6-10(20)19-13(15-8)16-12(14)17-19/h6,9H,2-5,7H2,1H3,(H3,14,15,16,17). The average Bonchev–Trinajstić information content (AvgIpc) is 2.88. The molecule has 0 bridgehead atoms. The Kier molecular flexibility index (Phi) is 3.80. The topological polar surface area (TPSA) is 119 Å². The van der Waals surface area contributed by atoms with Gasteiger partial charge >= 0.3 is 5.97 Å². The first-order valence-corrected chi connectivity index (χ1v) is 7.14. The van der Waals surface area contributed by atoms with Crippen molar-refractivity contribution in [1.82, 2.24) is 24.5 Å². The molecule has 1 unspecified atom stereocenters. The average molecular weight is 306 g/mol. The zero-order valence-electron chi connectivity index (χ0n) is 12.3. The molecule has 1 atom stereocenters. The van der Waals surface area contributed by atoms with Gasteiger partial charge in [0.15, 0.2) is 0 Å². The van der Waals surface area contributed by atoms with Crippen molar-refractivity contribution in [2.75, 3.05) is 19.4 Å². The number of rotatable bonds is 3. The Morgan fingerprint density at radius 1 is 1.50 bits per heavy atom. The number of carbonyl (C=O) groups excluding carboxylic acids is 1. The Labute approximate surface area is 126 Å². The van der Waals surface area contributed by atoms with Crippen LogP contribution in [0.2, 0.25) is 0 Å². The fourth-order valence-electron chi connectivity index (χ4n) is 2.82. The molecule has 1 fully saturated rings. The summed E-state index contributed by atoms with van der Waals surface area (Å²) in [5.74, 6) is 0.111. The zero-order chi connectivity index (χ0) is 15.7. The molecule has 9 heteroatoms. The number of piperidine rings is 1. The van der Waals surface area contributed by atoms with Crippen molar-refractivity contribution in [3.63, 3.8) is 0 Å². The summed E-state index contributed by atoms with van der Waals surface area (Å²) < 4.78 is 6.04. The number of esters is 1. The first kappa shape index (κ1) is 14.5. The first-order valence-electron chi connectivity index (χ1n) is 7.14. The van der Waals surface area contributed by atoms with Crippen molar-refractivity contribution in [1.29, 1.82) is 0 Å². The van der Waals surface area contributed by atoms with Crippen LogP contribution in [0.4, 0.5) is 5.95 Å². The first-order chi connectivity index (χ1) is 10.6. The van der Waals surface area contributed by atoms with E-state index in [4.69, 9.17) is 10.5 Å². The maximum absolute atomic E-state index is 12.0. The van der Waals surface area contributed by atoms with Crippen LogP contribution in [0.5, 0.6) is 0 Å². The van der Waals surface area contributed by atoms with Gasteiger partial charge in [0.05, 0.1) is 12.8 Å². The van der Waals surface area contributed by atoms with Gasteiger partial charge in [-0.1, -0.05) is 6.42 Å². The molecule has 0 aliphatic carbocycles. The Bertz CT molecular complexity index is 752. The third-order valence-electron chi connectivity index (χ3n) is 3.85. The number of hydrogen-bond acceptors (Lipinski definition) is 7. The second-order valence-corrected chi connectivity index (χ2v) is 5.34. The smallest absolute Gasteiger partial charge is 0.323 e. The monoisotopic (exact) mass is 306 g/mol. The molecule has 22 heavy (non-hydrogen) atoms. The van der Waals surface area contributed by atoms with Crippen LogP contribution in [-0.4, -0.2) is 50.1 Å². The highest BCUT2D eigenvalue weighted by Gasteiger charge is 2.29. The van der Waals surface area contributed by atoms with Crippen molar-refractivity contribution in [3.8, 4) is 0 Å². The van der Waals surface area contributed by atoms with Gasteiger partial charge in [-0.15, -0.1) is 0 Å². The largest absolute Gasteiger partial charge is 0.468 e. The Hall–Kier alpha value is -2.42. The molecular weight excluding hydrogens is 288 g/mol. The van der Waals surface area contributed by atoms with Crippen LogP contribution in [-0.2, 0) is 16.1 Å². The second kappa shape index (κ2) is 5.76. The number of anilines is 1. The van der Waals surface area contributed by atoms with Crippen molar-refractivity contribution >= 4 is 17.7 Å². The lowest BCUT2D eigenvalue weighted by Crippen LogP contribution is -2.44. The number of hydrogen-bond donors (Lipinski definition) is 2. The van der Waals surface area contributed by atoms with Crippen LogP contribution in [0.1, 0.15) is 25.0 Å².